The molecule has 16 heavy (non-hydrogen) atoms. The highest BCUT2D eigenvalue weighted by molar-refractivity contribution is 5.61. The van der Waals surface area contributed by atoms with Crippen LogP contribution in [0.4, 0.5) is 0 Å². The van der Waals surface area contributed by atoms with Crippen LogP contribution in [0.15, 0.2) is 30.8 Å². The number of rotatable bonds is 5. The van der Waals surface area contributed by atoms with Crippen LogP contribution in [-0.4, -0.2) is 24.6 Å². The van der Waals surface area contributed by atoms with Gasteiger partial charge in [-0.05, 0) is 26.3 Å². The third-order valence-electron chi connectivity index (χ3n) is 3.54. The lowest BCUT2D eigenvalue weighted by Crippen LogP contribution is -2.42. The number of quaternary nitrogens is 1. The number of hydrogen-bond acceptors (Lipinski definition) is 0. The largest absolute Gasteiger partial charge is 0.323 e. The molecule has 0 heterocycles. The summed E-state index contributed by atoms with van der Waals surface area (Å²) < 4.78 is 1.10. The molecule has 0 N–H and O–H groups in total. The monoisotopic (exact) mass is 218 g/mol. The van der Waals surface area contributed by atoms with Crippen LogP contribution < -0.4 is 0 Å². The Kier molecular flexibility index (Phi) is 4.31. The quantitative estimate of drug-likeness (QED) is 0.661. The third kappa shape index (κ3) is 3.21. The molecule has 0 aliphatic rings. The van der Waals surface area contributed by atoms with Gasteiger partial charge in [0.2, 0.25) is 0 Å². The molecule has 0 atom stereocenters. The topological polar surface area (TPSA) is 0 Å². The Morgan fingerprint density at radius 2 is 1.62 bits per heavy atom. The Bertz CT molecular complexity index is 344. The summed E-state index contributed by atoms with van der Waals surface area (Å²) >= 11 is 0. The molecule has 88 valence electrons. The first-order valence-electron chi connectivity index (χ1n) is 6.09. The van der Waals surface area contributed by atoms with Gasteiger partial charge in [0.15, 0.2) is 0 Å². The Morgan fingerprint density at radius 3 is 2.00 bits per heavy atom. The number of hydrogen-bond donors (Lipinski definition) is 0. The lowest BCUT2D eigenvalue weighted by atomic mass is 10.1. The summed E-state index contributed by atoms with van der Waals surface area (Å²) in [7, 11) is 2.31. The molecular formula is C15H24N+. The van der Waals surface area contributed by atoms with E-state index in [0.717, 1.165) is 16.6 Å². The van der Waals surface area contributed by atoms with Crippen LogP contribution in [0.2, 0.25) is 0 Å². The van der Waals surface area contributed by atoms with E-state index in [4.69, 9.17) is 0 Å². The van der Waals surface area contributed by atoms with Gasteiger partial charge in [0.25, 0.3) is 0 Å². The predicted molar refractivity (Wildman–Crippen MR) is 72.1 cm³/mol. The molecule has 0 aliphatic heterocycles. The van der Waals surface area contributed by atoms with Crippen LogP contribution in [0.25, 0.3) is 5.57 Å². The van der Waals surface area contributed by atoms with E-state index in [2.05, 4.69) is 51.7 Å². The van der Waals surface area contributed by atoms with Gasteiger partial charge in [-0.25, -0.2) is 0 Å². The SMILES string of the molecule is C=C(C)c1ccc(C[N+](C)(CC)CC)cc1. The van der Waals surface area contributed by atoms with Crippen LogP contribution in [0.1, 0.15) is 31.9 Å². The molecule has 0 bridgehead atoms. The molecule has 1 heteroatoms. The zero-order valence-electron chi connectivity index (χ0n) is 11.1. The minimum absolute atomic E-state index is 1.10. The normalized spacial score (nSPS) is 11.5. The van der Waals surface area contributed by atoms with E-state index in [1.54, 1.807) is 0 Å². The first-order chi connectivity index (χ1) is 7.50. The Morgan fingerprint density at radius 1 is 1.12 bits per heavy atom. The van der Waals surface area contributed by atoms with Crippen molar-refractivity contribution >= 4 is 5.57 Å². The summed E-state index contributed by atoms with van der Waals surface area (Å²) in [5.74, 6) is 0. The van der Waals surface area contributed by atoms with Gasteiger partial charge in [0.05, 0.1) is 20.1 Å². The van der Waals surface area contributed by atoms with Crippen molar-refractivity contribution in [3.8, 4) is 0 Å². The first kappa shape index (κ1) is 13.0. The van der Waals surface area contributed by atoms with Gasteiger partial charge >= 0.3 is 0 Å². The maximum Gasteiger partial charge on any atom is 0.104 e. The van der Waals surface area contributed by atoms with Crippen molar-refractivity contribution in [1.82, 2.24) is 0 Å². The summed E-state index contributed by atoms with van der Waals surface area (Å²) in [6.45, 7) is 14.0. The zero-order valence-corrected chi connectivity index (χ0v) is 11.1. The van der Waals surface area contributed by atoms with Gasteiger partial charge in [-0.15, -0.1) is 0 Å². The van der Waals surface area contributed by atoms with Gasteiger partial charge < -0.3 is 4.48 Å². The Hall–Kier alpha value is -1.08. The third-order valence-corrected chi connectivity index (χ3v) is 3.54. The molecule has 0 unspecified atom stereocenters. The summed E-state index contributed by atoms with van der Waals surface area (Å²) in [6.07, 6.45) is 0. The van der Waals surface area contributed by atoms with E-state index in [0.29, 0.717) is 0 Å². The highest BCUT2D eigenvalue weighted by Gasteiger charge is 2.16. The zero-order chi connectivity index (χ0) is 12.2. The predicted octanol–water partition coefficient (Wildman–Crippen LogP) is 3.71. The Labute approximate surface area is 100.0 Å². The maximum absolute atomic E-state index is 3.96. The van der Waals surface area contributed by atoms with Crippen LogP contribution in [0.3, 0.4) is 0 Å². The molecule has 1 rings (SSSR count). The summed E-state index contributed by atoms with van der Waals surface area (Å²) in [5, 5.41) is 0. The highest BCUT2D eigenvalue weighted by Crippen LogP contribution is 2.16. The lowest BCUT2D eigenvalue weighted by molar-refractivity contribution is -0.919. The van der Waals surface area contributed by atoms with Crippen molar-refractivity contribution in [3.05, 3.63) is 42.0 Å². The molecule has 0 aliphatic carbocycles. The van der Waals surface area contributed by atoms with Crippen LogP contribution >= 0.6 is 0 Å². The molecule has 0 saturated heterocycles. The van der Waals surface area contributed by atoms with Gasteiger partial charge in [-0.2, -0.15) is 0 Å². The van der Waals surface area contributed by atoms with Crippen LogP contribution in [0.5, 0.6) is 0 Å². The lowest BCUT2D eigenvalue weighted by Gasteiger charge is -2.32. The molecule has 0 spiro atoms. The van der Waals surface area contributed by atoms with Crippen molar-refractivity contribution in [2.75, 3.05) is 20.1 Å². The van der Waals surface area contributed by atoms with Gasteiger partial charge in [-0.1, -0.05) is 36.4 Å². The van der Waals surface area contributed by atoms with E-state index >= 15 is 0 Å². The first-order valence-corrected chi connectivity index (χ1v) is 6.09. The smallest absolute Gasteiger partial charge is 0.104 e. The molecule has 0 aromatic heterocycles. The Balaban J connectivity index is 2.79. The molecular weight excluding hydrogens is 194 g/mol. The summed E-state index contributed by atoms with van der Waals surface area (Å²) in [5.41, 5.74) is 3.79. The van der Waals surface area contributed by atoms with E-state index in [9.17, 15) is 0 Å². The highest BCUT2D eigenvalue weighted by atomic mass is 15.3. The fourth-order valence-corrected chi connectivity index (χ4v) is 1.78. The minimum Gasteiger partial charge on any atom is -0.323 e. The fourth-order valence-electron chi connectivity index (χ4n) is 1.78. The second kappa shape index (κ2) is 5.31. The molecule has 0 saturated carbocycles. The van der Waals surface area contributed by atoms with E-state index in [-0.39, 0.29) is 0 Å². The van der Waals surface area contributed by atoms with Crippen LogP contribution in [0, 0.1) is 0 Å². The van der Waals surface area contributed by atoms with Gasteiger partial charge in [-0.3, -0.25) is 0 Å². The van der Waals surface area contributed by atoms with E-state index in [1.165, 1.54) is 24.2 Å². The average molecular weight is 218 g/mol. The standard InChI is InChI=1S/C15H24N/c1-6-16(5,7-2)12-14-8-10-15(11-9-14)13(3)4/h8-11H,3,6-7,12H2,1-2,4-5H3/q+1. The maximum atomic E-state index is 3.96. The molecule has 1 nitrogen and oxygen atoms in total. The van der Waals surface area contributed by atoms with Crippen molar-refractivity contribution < 1.29 is 4.48 Å². The summed E-state index contributed by atoms with van der Waals surface area (Å²) in [4.78, 5) is 0. The number of nitrogens with zero attached hydrogens (tertiary/aromatic N) is 1. The fraction of sp³-hybridized carbons (Fsp3) is 0.467. The summed E-state index contributed by atoms with van der Waals surface area (Å²) in [6, 6.07) is 8.80. The van der Waals surface area contributed by atoms with Gasteiger partial charge in [0.1, 0.15) is 6.54 Å². The minimum atomic E-state index is 1.10. The van der Waals surface area contributed by atoms with Crippen molar-refractivity contribution in [2.24, 2.45) is 0 Å². The van der Waals surface area contributed by atoms with Crippen molar-refractivity contribution in [3.63, 3.8) is 0 Å². The van der Waals surface area contributed by atoms with E-state index < -0.39 is 0 Å². The average Bonchev–Trinajstić information content (AvgIpc) is 2.29. The van der Waals surface area contributed by atoms with Crippen molar-refractivity contribution in [1.29, 1.82) is 0 Å². The molecule has 0 amide bonds. The van der Waals surface area contributed by atoms with Crippen molar-refractivity contribution in [2.45, 2.75) is 27.3 Å². The van der Waals surface area contributed by atoms with Gasteiger partial charge in [0, 0.05) is 5.56 Å². The molecule has 1 aromatic carbocycles. The molecule has 0 radical (unpaired) electrons. The van der Waals surface area contributed by atoms with E-state index in [1.807, 2.05) is 6.92 Å². The number of benzene rings is 1. The number of allylic oxidation sites excluding steroid dienone is 1. The van der Waals surface area contributed by atoms with Crippen LogP contribution in [-0.2, 0) is 6.54 Å². The molecule has 0 fully saturated rings. The molecule has 1 aromatic rings. The second-order valence-electron chi connectivity index (χ2n) is 4.89. The second-order valence-corrected chi connectivity index (χ2v) is 4.89.